The first-order valence-corrected chi connectivity index (χ1v) is 5.01. The van der Waals surface area contributed by atoms with Crippen molar-refractivity contribution in [2.24, 2.45) is 11.5 Å². The second-order valence-corrected chi connectivity index (χ2v) is 2.91. The molecule has 10 heteroatoms. The average molecular weight is 279 g/mol. The van der Waals surface area contributed by atoms with Crippen molar-refractivity contribution < 1.29 is 14.3 Å². The molecule has 0 aliphatic rings. The van der Waals surface area contributed by atoms with Crippen LogP contribution in [0.25, 0.3) is 0 Å². The van der Waals surface area contributed by atoms with E-state index in [1.54, 1.807) is 0 Å². The Balaban J connectivity index is 0. The third-order valence-corrected chi connectivity index (χ3v) is 0.743. The summed E-state index contributed by atoms with van der Waals surface area (Å²) in [5.74, 6) is 0. The highest BCUT2D eigenvalue weighted by Crippen LogP contribution is 1.93. The van der Waals surface area contributed by atoms with E-state index < -0.39 is 10.5 Å². The second kappa shape index (κ2) is 12.5. The summed E-state index contributed by atoms with van der Waals surface area (Å²) >= 11 is 6.21. The molecule has 17 heavy (non-hydrogen) atoms. The summed E-state index contributed by atoms with van der Waals surface area (Å²) in [6.07, 6.45) is 2.80. The van der Waals surface area contributed by atoms with E-state index in [2.05, 4.69) is 51.7 Å². The lowest BCUT2D eigenvalue weighted by Crippen LogP contribution is -1.96. The summed E-state index contributed by atoms with van der Waals surface area (Å²) in [6.45, 7) is 2.47. The fourth-order valence-corrected chi connectivity index (χ4v) is 0.432. The van der Waals surface area contributed by atoms with Crippen molar-refractivity contribution in [1.82, 2.24) is 15.0 Å². The molecule has 0 atom stereocenters. The Kier molecular flexibility index (Phi) is 13.1. The van der Waals surface area contributed by atoms with Crippen LogP contribution in [0.15, 0.2) is 12.7 Å². The molecule has 1 aromatic heterocycles. The van der Waals surface area contributed by atoms with Crippen LogP contribution in [0.3, 0.4) is 0 Å². The van der Waals surface area contributed by atoms with E-state index in [9.17, 15) is 0 Å². The van der Waals surface area contributed by atoms with E-state index in [0.717, 1.165) is 0 Å². The number of rotatable bonds is 2. The molecule has 0 saturated heterocycles. The molecule has 1 aromatic rings. The van der Waals surface area contributed by atoms with Crippen molar-refractivity contribution in [3.8, 4) is 6.01 Å². The number of ether oxygens (including phenoxy) is 1. The number of carbonyl (C=O) groups excluding carboxylic acids is 2. The number of nitrogens with zero attached hydrogens (tertiary/aromatic N) is 3. The zero-order valence-corrected chi connectivity index (χ0v) is 10.8. The minimum atomic E-state index is -0.639. The lowest BCUT2D eigenvalue weighted by Gasteiger charge is -1.95. The fourth-order valence-electron chi connectivity index (χ4n) is 0.432. The van der Waals surface area contributed by atoms with Crippen molar-refractivity contribution in [3.05, 3.63) is 12.7 Å². The summed E-state index contributed by atoms with van der Waals surface area (Å²) in [5, 5.41) is -1.28. The molecule has 4 N–H and O–H groups in total. The Morgan fingerprint density at radius 1 is 1.24 bits per heavy atom. The molecule has 0 fully saturated rings. The molecule has 8 nitrogen and oxygen atoms in total. The minimum Gasteiger partial charge on any atom is -0.464 e. The molecular formula is C7H13N5O3S2. The first kappa shape index (κ1) is 17.8. The summed E-state index contributed by atoms with van der Waals surface area (Å²) in [6, 6.07) is 0.382. The molecule has 0 radical (unpaired) electrons. The van der Waals surface area contributed by atoms with Crippen LogP contribution >= 0.6 is 25.3 Å². The molecule has 0 spiro atoms. The number of hydrogen-bond acceptors (Lipinski definition) is 6. The molecule has 0 aliphatic heterocycles. The maximum Gasteiger partial charge on any atom is 0.319 e. The van der Waals surface area contributed by atoms with Gasteiger partial charge in [-0.2, -0.15) is 9.97 Å². The van der Waals surface area contributed by atoms with Gasteiger partial charge in [0.05, 0.1) is 6.61 Å². The van der Waals surface area contributed by atoms with E-state index in [4.69, 9.17) is 14.3 Å². The summed E-state index contributed by atoms with van der Waals surface area (Å²) in [5.41, 5.74) is 8.67. The summed E-state index contributed by atoms with van der Waals surface area (Å²) < 4.78 is 4.94. The number of nitrogens with two attached hydrogens (primary N) is 2. The summed E-state index contributed by atoms with van der Waals surface area (Å²) in [7, 11) is 0. The first-order chi connectivity index (χ1) is 7.90. The van der Waals surface area contributed by atoms with Crippen LogP contribution in [-0.4, -0.2) is 32.0 Å². The molecule has 2 amide bonds. The highest BCUT2D eigenvalue weighted by Gasteiger charge is 1.88. The summed E-state index contributed by atoms with van der Waals surface area (Å²) in [4.78, 5) is 29.2. The number of thiol groups is 2. The molecule has 0 aromatic carbocycles. The first-order valence-electron chi connectivity index (χ1n) is 4.11. The number of carbonyl (C=O) groups is 2. The Labute approximate surface area is 109 Å². The van der Waals surface area contributed by atoms with Crippen LogP contribution in [0.4, 0.5) is 9.59 Å². The van der Waals surface area contributed by atoms with Crippen LogP contribution in [-0.2, 0) is 0 Å². The second-order valence-electron chi connectivity index (χ2n) is 2.03. The number of hydrogen-bond donors (Lipinski definition) is 4. The van der Waals surface area contributed by atoms with E-state index in [-0.39, 0.29) is 0 Å². The van der Waals surface area contributed by atoms with Crippen LogP contribution in [0.1, 0.15) is 6.92 Å². The maximum absolute atomic E-state index is 9.09. The molecule has 0 aliphatic carbocycles. The Hall–Kier alpha value is -1.55. The van der Waals surface area contributed by atoms with Crippen molar-refractivity contribution in [2.45, 2.75) is 6.92 Å². The monoisotopic (exact) mass is 279 g/mol. The number of aromatic nitrogens is 3. The van der Waals surface area contributed by atoms with Gasteiger partial charge < -0.3 is 16.2 Å². The van der Waals surface area contributed by atoms with Gasteiger partial charge in [-0.1, -0.05) is 25.3 Å². The van der Waals surface area contributed by atoms with Gasteiger partial charge in [0.15, 0.2) is 0 Å². The molecule has 96 valence electrons. The maximum atomic E-state index is 9.09. The normalized spacial score (nSPS) is 7.71. The third-order valence-electron chi connectivity index (χ3n) is 0.743. The minimum absolute atomic E-state index is 0.382. The largest absolute Gasteiger partial charge is 0.464 e. The Bertz CT molecular complexity index is 305. The standard InChI is InChI=1S/C5H7N3O.2CH3NOS/c1-2-9-5-7-3-6-4-8-5;2*2-1(3)4/h3-4H,2H2,1H3;2*(H3,2,3,4). The molecule has 0 saturated carbocycles. The predicted octanol–water partition coefficient (Wildman–Crippen LogP) is 0.260. The molecule has 1 rings (SSSR count). The quantitative estimate of drug-likeness (QED) is 0.574. The van der Waals surface area contributed by atoms with Crippen molar-refractivity contribution in [2.75, 3.05) is 6.61 Å². The smallest absolute Gasteiger partial charge is 0.319 e. The predicted molar refractivity (Wildman–Crippen MR) is 68.1 cm³/mol. The lowest BCUT2D eigenvalue weighted by molar-refractivity contribution is 0.266. The molecular weight excluding hydrogens is 266 g/mol. The van der Waals surface area contributed by atoms with Crippen LogP contribution in [0, 0.1) is 0 Å². The van der Waals surface area contributed by atoms with E-state index in [0.29, 0.717) is 12.6 Å². The van der Waals surface area contributed by atoms with Crippen LogP contribution < -0.4 is 16.2 Å². The third kappa shape index (κ3) is 25.1. The van der Waals surface area contributed by atoms with Gasteiger partial charge in [0, 0.05) is 0 Å². The lowest BCUT2D eigenvalue weighted by atomic mass is 10.9. The van der Waals surface area contributed by atoms with E-state index >= 15 is 0 Å². The average Bonchev–Trinajstić information content (AvgIpc) is 2.18. The van der Waals surface area contributed by atoms with Crippen LogP contribution in [0.5, 0.6) is 6.01 Å². The van der Waals surface area contributed by atoms with E-state index in [1.807, 2.05) is 6.92 Å². The van der Waals surface area contributed by atoms with Gasteiger partial charge in [-0.05, 0) is 6.92 Å². The van der Waals surface area contributed by atoms with Gasteiger partial charge in [0.25, 0.3) is 10.5 Å². The van der Waals surface area contributed by atoms with Gasteiger partial charge >= 0.3 is 6.01 Å². The van der Waals surface area contributed by atoms with Gasteiger partial charge in [0.2, 0.25) is 0 Å². The van der Waals surface area contributed by atoms with Gasteiger partial charge in [0.1, 0.15) is 12.7 Å². The molecule has 0 unspecified atom stereocenters. The van der Waals surface area contributed by atoms with Gasteiger partial charge in [-0.3, -0.25) is 9.59 Å². The zero-order valence-electron chi connectivity index (χ0n) is 8.98. The zero-order chi connectivity index (χ0) is 13.7. The van der Waals surface area contributed by atoms with Crippen molar-refractivity contribution >= 4 is 35.7 Å². The Morgan fingerprint density at radius 2 is 1.59 bits per heavy atom. The molecule has 1 heterocycles. The Morgan fingerprint density at radius 3 is 1.88 bits per heavy atom. The topological polar surface area (TPSA) is 134 Å². The highest BCUT2D eigenvalue weighted by atomic mass is 32.1. The van der Waals surface area contributed by atoms with Gasteiger partial charge in [-0.15, -0.1) is 0 Å². The van der Waals surface area contributed by atoms with E-state index in [1.165, 1.54) is 12.7 Å². The number of primary amides is 2. The van der Waals surface area contributed by atoms with Crippen molar-refractivity contribution in [1.29, 1.82) is 0 Å². The van der Waals surface area contributed by atoms with Crippen LogP contribution in [0.2, 0.25) is 0 Å². The number of amides is 2. The van der Waals surface area contributed by atoms with Crippen molar-refractivity contribution in [3.63, 3.8) is 0 Å². The SMILES string of the molecule is CCOc1ncncn1.NC(=O)S.NC(=O)S. The highest BCUT2D eigenvalue weighted by molar-refractivity contribution is 7.96. The van der Waals surface area contributed by atoms with Gasteiger partial charge in [-0.25, -0.2) is 4.98 Å². The molecule has 0 bridgehead atoms. The fraction of sp³-hybridized carbons (Fsp3) is 0.286.